The van der Waals surface area contributed by atoms with Gasteiger partial charge in [-0.3, -0.25) is 9.59 Å². The molecular weight excluding hydrogens is 412 g/mol. The molecule has 0 aromatic heterocycles. The predicted octanol–water partition coefficient (Wildman–Crippen LogP) is 4.72. The summed E-state index contributed by atoms with van der Waals surface area (Å²) >= 11 is 6.15. The summed E-state index contributed by atoms with van der Waals surface area (Å²) in [6.45, 7) is 5.38. The number of nitrogens with zero attached hydrogens (tertiary/aromatic N) is 2. The van der Waals surface area contributed by atoms with Crippen molar-refractivity contribution in [3.8, 4) is 5.75 Å². The first-order valence-corrected chi connectivity index (χ1v) is 11.3. The van der Waals surface area contributed by atoms with Crippen molar-refractivity contribution in [3.63, 3.8) is 0 Å². The van der Waals surface area contributed by atoms with E-state index in [1.165, 1.54) is 5.56 Å². The number of fused-ring (bicyclic) bond motifs is 1. The molecule has 2 aromatic rings. The molecule has 5 nitrogen and oxygen atoms in total. The van der Waals surface area contributed by atoms with Gasteiger partial charge in [0.1, 0.15) is 5.75 Å². The van der Waals surface area contributed by atoms with E-state index < -0.39 is 5.60 Å². The van der Waals surface area contributed by atoms with Gasteiger partial charge in [0.2, 0.25) is 5.91 Å². The van der Waals surface area contributed by atoms with Gasteiger partial charge >= 0.3 is 0 Å². The highest BCUT2D eigenvalue weighted by molar-refractivity contribution is 6.31. The van der Waals surface area contributed by atoms with Gasteiger partial charge in [0.15, 0.2) is 5.60 Å². The third kappa shape index (κ3) is 4.87. The highest BCUT2D eigenvalue weighted by Crippen LogP contribution is 2.39. The van der Waals surface area contributed by atoms with Crippen molar-refractivity contribution in [3.05, 3.63) is 59.1 Å². The van der Waals surface area contributed by atoms with Crippen molar-refractivity contribution in [1.82, 2.24) is 4.90 Å². The summed E-state index contributed by atoms with van der Waals surface area (Å²) in [7, 11) is 0. The molecule has 1 saturated heterocycles. The summed E-state index contributed by atoms with van der Waals surface area (Å²) in [5, 5.41) is 0.534. The van der Waals surface area contributed by atoms with Crippen LogP contribution in [0, 0.1) is 5.92 Å². The number of likely N-dealkylation sites (tertiary alicyclic amines) is 1. The van der Waals surface area contributed by atoms with Crippen LogP contribution in [0.4, 0.5) is 5.69 Å². The minimum absolute atomic E-state index is 0.0961. The fourth-order valence-electron chi connectivity index (χ4n) is 4.46. The Balaban J connectivity index is 1.35. The molecule has 0 saturated carbocycles. The smallest absolute Gasteiger partial charge is 0.270 e. The molecule has 2 aromatic carbocycles. The van der Waals surface area contributed by atoms with Crippen LogP contribution in [-0.4, -0.2) is 41.9 Å². The number of anilines is 1. The number of carbonyl (C=O) groups excluding carboxylic acids is 2. The van der Waals surface area contributed by atoms with E-state index in [1.54, 1.807) is 36.9 Å². The fraction of sp³-hybridized carbons (Fsp3) is 0.440. The monoisotopic (exact) mass is 440 g/mol. The third-order valence-electron chi connectivity index (χ3n) is 6.22. The molecule has 0 unspecified atom stereocenters. The molecule has 164 valence electrons. The summed E-state index contributed by atoms with van der Waals surface area (Å²) in [4.78, 5) is 29.4. The first-order valence-electron chi connectivity index (χ1n) is 11.0. The second-order valence-corrected chi connectivity index (χ2v) is 9.38. The molecule has 0 N–H and O–H groups in total. The van der Waals surface area contributed by atoms with Crippen molar-refractivity contribution < 1.29 is 14.3 Å². The highest BCUT2D eigenvalue weighted by Gasteiger charge is 2.41. The van der Waals surface area contributed by atoms with E-state index in [0.29, 0.717) is 28.9 Å². The molecule has 0 bridgehead atoms. The van der Waals surface area contributed by atoms with Crippen LogP contribution in [0.15, 0.2) is 48.5 Å². The maximum Gasteiger partial charge on any atom is 0.270 e. The van der Waals surface area contributed by atoms with Crippen molar-refractivity contribution >= 4 is 29.1 Å². The Kier molecular flexibility index (Phi) is 6.24. The molecule has 1 fully saturated rings. The number of ether oxygens (including phenoxy) is 1. The molecule has 0 radical (unpaired) electrons. The standard InChI is InChI=1S/C25H29ClN2O3/c1-25(2)24(30)28(21-17-20(26)8-9-22(21)31-25)15-12-23(29)27-13-10-19(11-14-27)16-18-6-4-3-5-7-18/h3-9,17,19H,10-16H2,1-2H3. The van der Waals surface area contributed by atoms with Crippen LogP contribution >= 0.6 is 11.6 Å². The van der Waals surface area contributed by atoms with Gasteiger partial charge in [0.25, 0.3) is 5.91 Å². The van der Waals surface area contributed by atoms with Crippen LogP contribution in [0.5, 0.6) is 5.75 Å². The van der Waals surface area contributed by atoms with Gasteiger partial charge in [-0.2, -0.15) is 0 Å². The number of hydrogen-bond acceptors (Lipinski definition) is 3. The maximum atomic E-state index is 13.0. The third-order valence-corrected chi connectivity index (χ3v) is 6.46. The molecule has 4 rings (SSSR count). The first-order chi connectivity index (χ1) is 14.8. The van der Waals surface area contributed by atoms with E-state index in [9.17, 15) is 9.59 Å². The molecular formula is C25H29ClN2O3. The Morgan fingerprint density at radius 2 is 1.84 bits per heavy atom. The van der Waals surface area contributed by atoms with Crippen LogP contribution in [-0.2, 0) is 16.0 Å². The molecule has 0 atom stereocenters. The lowest BCUT2D eigenvalue weighted by atomic mass is 9.90. The van der Waals surface area contributed by atoms with E-state index >= 15 is 0 Å². The Hall–Kier alpha value is -2.53. The van der Waals surface area contributed by atoms with Crippen LogP contribution < -0.4 is 9.64 Å². The van der Waals surface area contributed by atoms with Gasteiger partial charge in [0.05, 0.1) is 5.69 Å². The van der Waals surface area contributed by atoms with Crippen molar-refractivity contribution in [2.24, 2.45) is 5.92 Å². The number of rotatable bonds is 5. The molecule has 0 spiro atoms. The average molecular weight is 441 g/mol. The average Bonchev–Trinajstić information content (AvgIpc) is 2.75. The Labute approximate surface area is 188 Å². The normalized spacial score (nSPS) is 18.5. The van der Waals surface area contributed by atoms with Crippen molar-refractivity contribution in [1.29, 1.82) is 0 Å². The maximum absolute atomic E-state index is 13.0. The molecule has 6 heteroatoms. The van der Waals surface area contributed by atoms with Crippen LogP contribution in [0.3, 0.4) is 0 Å². The van der Waals surface area contributed by atoms with Crippen LogP contribution in [0.1, 0.15) is 38.7 Å². The summed E-state index contributed by atoms with van der Waals surface area (Å²) in [5.41, 5.74) is 1.02. The topological polar surface area (TPSA) is 49.9 Å². The molecule has 31 heavy (non-hydrogen) atoms. The lowest BCUT2D eigenvalue weighted by molar-refractivity contribution is -0.134. The minimum Gasteiger partial charge on any atom is -0.476 e. The number of halogens is 1. The summed E-state index contributed by atoms with van der Waals surface area (Å²) in [6.07, 6.45) is 3.39. The number of amides is 2. The quantitative estimate of drug-likeness (QED) is 0.676. The molecule has 0 aliphatic carbocycles. The minimum atomic E-state index is -0.973. The fourth-order valence-corrected chi connectivity index (χ4v) is 4.63. The van der Waals surface area contributed by atoms with Gasteiger partial charge in [-0.25, -0.2) is 0 Å². The van der Waals surface area contributed by atoms with Gasteiger partial charge in [-0.1, -0.05) is 41.9 Å². The van der Waals surface area contributed by atoms with E-state index in [1.807, 2.05) is 11.0 Å². The lowest BCUT2D eigenvalue weighted by Crippen LogP contribution is -2.53. The first kappa shape index (κ1) is 21.7. The zero-order valence-electron chi connectivity index (χ0n) is 18.1. The highest BCUT2D eigenvalue weighted by atomic mass is 35.5. The number of piperidine rings is 1. The van der Waals surface area contributed by atoms with Gasteiger partial charge in [0, 0.05) is 31.1 Å². The van der Waals surface area contributed by atoms with E-state index in [2.05, 4.69) is 24.3 Å². The Morgan fingerprint density at radius 3 is 2.55 bits per heavy atom. The largest absolute Gasteiger partial charge is 0.476 e. The van der Waals surface area contributed by atoms with E-state index in [0.717, 1.165) is 32.4 Å². The van der Waals surface area contributed by atoms with Gasteiger partial charge in [-0.05, 0) is 62.8 Å². The molecule has 2 aliphatic rings. The molecule has 2 aliphatic heterocycles. The summed E-state index contributed by atoms with van der Waals surface area (Å²) in [6, 6.07) is 15.8. The zero-order valence-corrected chi connectivity index (χ0v) is 18.9. The summed E-state index contributed by atoms with van der Waals surface area (Å²) in [5.74, 6) is 1.17. The van der Waals surface area contributed by atoms with Crippen LogP contribution in [0.25, 0.3) is 0 Å². The van der Waals surface area contributed by atoms with E-state index in [-0.39, 0.29) is 18.2 Å². The Morgan fingerprint density at radius 1 is 1.13 bits per heavy atom. The van der Waals surface area contributed by atoms with Gasteiger partial charge < -0.3 is 14.5 Å². The van der Waals surface area contributed by atoms with Crippen molar-refractivity contribution in [2.75, 3.05) is 24.5 Å². The SMILES string of the molecule is CC1(C)Oc2ccc(Cl)cc2N(CCC(=O)N2CCC(Cc3ccccc3)CC2)C1=O. The lowest BCUT2D eigenvalue weighted by Gasteiger charge is -2.39. The Bertz CT molecular complexity index is 952. The molecule has 2 amide bonds. The number of hydrogen-bond donors (Lipinski definition) is 0. The summed E-state index contributed by atoms with van der Waals surface area (Å²) < 4.78 is 5.86. The second-order valence-electron chi connectivity index (χ2n) is 8.95. The molecule has 2 heterocycles. The second kappa shape index (κ2) is 8.91. The zero-order chi connectivity index (χ0) is 22.0. The number of benzene rings is 2. The number of carbonyl (C=O) groups is 2. The predicted molar refractivity (Wildman–Crippen MR) is 123 cm³/mol. The van der Waals surface area contributed by atoms with E-state index in [4.69, 9.17) is 16.3 Å². The van der Waals surface area contributed by atoms with Crippen LogP contribution in [0.2, 0.25) is 5.02 Å². The van der Waals surface area contributed by atoms with Crippen molar-refractivity contribution in [2.45, 2.75) is 45.1 Å². The van der Waals surface area contributed by atoms with Gasteiger partial charge in [-0.15, -0.1) is 0 Å².